The molecule has 0 bridgehead atoms. The number of fused-ring (bicyclic) bond motifs is 1. The first-order valence-corrected chi connectivity index (χ1v) is 6.71. The average molecular weight is 229 g/mol. The molecule has 2 aliphatic rings. The zero-order valence-electron chi connectivity index (χ0n) is 10.2. The van der Waals surface area contributed by atoms with Crippen molar-refractivity contribution in [3.8, 4) is 0 Å². The van der Waals surface area contributed by atoms with Crippen molar-refractivity contribution in [1.29, 1.82) is 0 Å². The van der Waals surface area contributed by atoms with Gasteiger partial charge in [0.1, 0.15) is 0 Å². The van der Waals surface area contributed by atoms with Crippen molar-refractivity contribution in [3.05, 3.63) is 34.9 Å². The number of carbonyl (C=O) groups excluding carboxylic acids is 1. The molecule has 1 aromatic carbocycles. The predicted octanol–water partition coefficient (Wildman–Crippen LogP) is 2.56. The summed E-state index contributed by atoms with van der Waals surface area (Å²) >= 11 is 0. The van der Waals surface area contributed by atoms with Gasteiger partial charge in [-0.15, -0.1) is 0 Å². The molecule has 2 nitrogen and oxygen atoms in total. The minimum absolute atomic E-state index is 0.208. The monoisotopic (exact) mass is 229 g/mol. The Labute approximate surface area is 102 Å². The second kappa shape index (κ2) is 4.52. The van der Waals surface area contributed by atoms with Gasteiger partial charge >= 0.3 is 0 Å². The maximum Gasteiger partial charge on any atom is 0.220 e. The third-order valence-corrected chi connectivity index (χ3v) is 4.11. The summed E-state index contributed by atoms with van der Waals surface area (Å²) in [5.74, 6) is 0.735. The largest absolute Gasteiger partial charge is 0.355 e. The Hall–Kier alpha value is -1.31. The van der Waals surface area contributed by atoms with Gasteiger partial charge in [0.05, 0.1) is 0 Å². The van der Waals surface area contributed by atoms with Gasteiger partial charge in [0.2, 0.25) is 5.91 Å². The molecule has 2 heteroatoms. The smallest absolute Gasteiger partial charge is 0.220 e. The van der Waals surface area contributed by atoms with Gasteiger partial charge in [-0.05, 0) is 48.8 Å². The van der Waals surface area contributed by atoms with Gasteiger partial charge in [-0.25, -0.2) is 0 Å². The van der Waals surface area contributed by atoms with E-state index < -0.39 is 0 Å². The molecular formula is C15H19NO. The van der Waals surface area contributed by atoms with Gasteiger partial charge < -0.3 is 5.32 Å². The molecule has 0 spiro atoms. The minimum atomic E-state index is 0.208. The predicted molar refractivity (Wildman–Crippen MR) is 68.1 cm³/mol. The Morgan fingerprint density at radius 2 is 1.88 bits per heavy atom. The molecular weight excluding hydrogens is 210 g/mol. The van der Waals surface area contributed by atoms with Crippen LogP contribution >= 0.6 is 0 Å². The highest BCUT2D eigenvalue weighted by atomic mass is 16.1. The molecule has 1 saturated heterocycles. The number of aryl methyl sites for hydroxylation is 2. The molecule has 1 unspecified atom stereocenters. The summed E-state index contributed by atoms with van der Waals surface area (Å²) in [6.45, 7) is 0.817. The molecule has 1 aliphatic heterocycles. The van der Waals surface area contributed by atoms with Gasteiger partial charge in [-0.3, -0.25) is 4.79 Å². The van der Waals surface area contributed by atoms with Crippen LogP contribution in [0.5, 0.6) is 0 Å². The number of hydrogen-bond donors (Lipinski definition) is 1. The standard InChI is InChI=1S/C15H19NO/c17-15-8-7-14(10-16-15)13-6-5-11-3-1-2-4-12(11)9-13/h5-6,9,14H,1-4,7-8,10H2,(H,16,17). The van der Waals surface area contributed by atoms with Gasteiger partial charge in [-0.1, -0.05) is 18.2 Å². The molecule has 3 rings (SSSR count). The molecule has 1 amide bonds. The molecule has 0 saturated carbocycles. The van der Waals surface area contributed by atoms with Crippen LogP contribution in [0.1, 0.15) is 48.3 Å². The lowest BCUT2D eigenvalue weighted by Gasteiger charge is -2.25. The van der Waals surface area contributed by atoms with Crippen LogP contribution in [0.4, 0.5) is 0 Å². The van der Waals surface area contributed by atoms with Crippen molar-refractivity contribution in [2.24, 2.45) is 0 Å². The molecule has 0 aromatic heterocycles. The summed E-state index contributed by atoms with van der Waals surface area (Å²) in [5.41, 5.74) is 4.51. The van der Waals surface area contributed by atoms with Crippen molar-refractivity contribution in [3.63, 3.8) is 0 Å². The Balaban J connectivity index is 1.81. The fourth-order valence-corrected chi connectivity index (χ4v) is 3.02. The molecule has 1 atom stereocenters. The van der Waals surface area contributed by atoms with E-state index in [0.29, 0.717) is 12.3 Å². The summed E-state index contributed by atoms with van der Waals surface area (Å²) in [6, 6.07) is 6.96. The number of nitrogens with one attached hydrogen (secondary N) is 1. The number of benzene rings is 1. The molecule has 0 radical (unpaired) electrons. The Bertz CT molecular complexity index is 429. The summed E-state index contributed by atoms with van der Waals surface area (Å²) in [4.78, 5) is 11.2. The second-order valence-corrected chi connectivity index (χ2v) is 5.27. The van der Waals surface area contributed by atoms with E-state index in [-0.39, 0.29) is 5.91 Å². The van der Waals surface area contributed by atoms with Crippen molar-refractivity contribution in [1.82, 2.24) is 5.32 Å². The minimum Gasteiger partial charge on any atom is -0.355 e. The Morgan fingerprint density at radius 1 is 1.06 bits per heavy atom. The summed E-state index contributed by atoms with van der Waals surface area (Å²) in [5, 5.41) is 2.97. The van der Waals surface area contributed by atoms with E-state index in [9.17, 15) is 4.79 Å². The van der Waals surface area contributed by atoms with Crippen LogP contribution in [-0.2, 0) is 17.6 Å². The summed E-state index contributed by atoms with van der Waals surface area (Å²) in [6.07, 6.45) is 6.84. The number of carbonyl (C=O) groups is 1. The lowest BCUT2D eigenvalue weighted by Crippen LogP contribution is -2.33. The molecule has 1 heterocycles. The lowest BCUT2D eigenvalue weighted by molar-refractivity contribution is -0.122. The van der Waals surface area contributed by atoms with E-state index in [1.165, 1.54) is 31.2 Å². The van der Waals surface area contributed by atoms with Crippen LogP contribution in [0.15, 0.2) is 18.2 Å². The third-order valence-electron chi connectivity index (χ3n) is 4.11. The van der Waals surface area contributed by atoms with E-state index in [0.717, 1.165) is 13.0 Å². The Morgan fingerprint density at radius 3 is 2.65 bits per heavy atom. The van der Waals surface area contributed by atoms with Crippen LogP contribution < -0.4 is 5.32 Å². The highest BCUT2D eigenvalue weighted by molar-refractivity contribution is 5.76. The first kappa shape index (κ1) is 10.8. The number of amides is 1. The second-order valence-electron chi connectivity index (χ2n) is 5.27. The molecule has 1 aliphatic carbocycles. The van der Waals surface area contributed by atoms with Crippen LogP contribution in [0, 0.1) is 0 Å². The van der Waals surface area contributed by atoms with Crippen molar-refractivity contribution < 1.29 is 4.79 Å². The van der Waals surface area contributed by atoms with Gasteiger partial charge in [-0.2, -0.15) is 0 Å². The van der Waals surface area contributed by atoms with Gasteiger partial charge in [0.15, 0.2) is 0 Å². The average Bonchev–Trinajstić information content (AvgIpc) is 2.39. The quantitative estimate of drug-likeness (QED) is 0.788. The van der Waals surface area contributed by atoms with Crippen LogP contribution in [-0.4, -0.2) is 12.5 Å². The zero-order chi connectivity index (χ0) is 11.7. The van der Waals surface area contributed by atoms with E-state index in [1.54, 1.807) is 11.1 Å². The lowest BCUT2D eigenvalue weighted by atomic mass is 9.85. The molecule has 1 fully saturated rings. The van der Waals surface area contributed by atoms with Crippen LogP contribution in [0.3, 0.4) is 0 Å². The van der Waals surface area contributed by atoms with E-state index in [1.807, 2.05) is 0 Å². The SMILES string of the molecule is O=C1CCC(c2ccc3c(c2)CCCC3)CN1. The molecule has 17 heavy (non-hydrogen) atoms. The first-order valence-electron chi connectivity index (χ1n) is 6.71. The third kappa shape index (κ3) is 2.21. The van der Waals surface area contributed by atoms with Crippen molar-refractivity contribution in [2.75, 3.05) is 6.54 Å². The van der Waals surface area contributed by atoms with Crippen LogP contribution in [0.25, 0.3) is 0 Å². The van der Waals surface area contributed by atoms with E-state index in [4.69, 9.17) is 0 Å². The highest BCUT2D eigenvalue weighted by Crippen LogP contribution is 2.28. The fraction of sp³-hybridized carbons (Fsp3) is 0.533. The fourth-order valence-electron chi connectivity index (χ4n) is 3.02. The molecule has 1 N–H and O–H groups in total. The zero-order valence-corrected chi connectivity index (χ0v) is 10.2. The summed E-state index contributed by atoms with van der Waals surface area (Å²) in [7, 11) is 0. The molecule has 1 aromatic rings. The summed E-state index contributed by atoms with van der Waals surface area (Å²) < 4.78 is 0. The van der Waals surface area contributed by atoms with Gasteiger partial charge in [0.25, 0.3) is 0 Å². The van der Waals surface area contributed by atoms with E-state index >= 15 is 0 Å². The molecule has 90 valence electrons. The van der Waals surface area contributed by atoms with Crippen molar-refractivity contribution >= 4 is 5.91 Å². The normalized spacial score (nSPS) is 24.0. The highest BCUT2D eigenvalue weighted by Gasteiger charge is 2.20. The first-order chi connectivity index (χ1) is 8.33. The number of piperidine rings is 1. The van der Waals surface area contributed by atoms with E-state index in [2.05, 4.69) is 23.5 Å². The van der Waals surface area contributed by atoms with Crippen LogP contribution in [0.2, 0.25) is 0 Å². The van der Waals surface area contributed by atoms with Crippen molar-refractivity contribution in [2.45, 2.75) is 44.4 Å². The maximum absolute atomic E-state index is 11.2. The maximum atomic E-state index is 11.2. The Kier molecular flexibility index (Phi) is 2.87. The van der Waals surface area contributed by atoms with Gasteiger partial charge in [0, 0.05) is 18.9 Å². The number of hydrogen-bond acceptors (Lipinski definition) is 1. The topological polar surface area (TPSA) is 29.1 Å². The number of rotatable bonds is 1.